The van der Waals surface area contributed by atoms with Gasteiger partial charge in [0, 0.05) is 5.02 Å². The summed E-state index contributed by atoms with van der Waals surface area (Å²) in [5.74, 6) is -0.271. The van der Waals surface area contributed by atoms with Crippen LogP contribution in [-0.4, -0.2) is 16.0 Å². The summed E-state index contributed by atoms with van der Waals surface area (Å²) in [5.41, 5.74) is 1.78. The van der Waals surface area contributed by atoms with E-state index in [-0.39, 0.29) is 17.7 Å². The third-order valence-electron chi connectivity index (χ3n) is 4.46. The molecule has 4 rings (SSSR count). The third-order valence-corrected chi connectivity index (χ3v) is 5.73. The van der Waals surface area contributed by atoms with E-state index in [2.05, 4.69) is 0 Å². The first-order chi connectivity index (χ1) is 13.6. The first kappa shape index (κ1) is 18.5. The van der Waals surface area contributed by atoms with E-state index in [4.69, 9.17) is 11.6 Å². The summed E-state index contributed by atoms with van der Waals surface area (Å²) >= 11 is 7.08. The predicted octanol–water partition coefficient (Wildman–Crippen LogP) is 6.29. The topological polar surface area (TPSA) is 37.4 Å². The van der Waals surface area contributed by atoms with Gasteiger partial charge in [0.15, 0.2) is 0 Å². The Hall–Kier alpha value is -2.82. The Bertz CT molecular complexity index is 1140. The zero-order valence-corrected chi connectivity index (χ0v) is 16.4. The molecule has 0 aliphatic carbocycles. The van der Waals surface area contributed by atoms with E-state index in [0.29, 0.717) is 9.93 Å². The Morgan fingerprint density at radius 1 is 0.929 bits per heavy atom. The minimum atomic E-state index is -0.271. The normalized spacial score (nSPS) is 16.0. The van der Waals surface area contributed by atoms with Crippen LogP contribution in [0.5, 0.6) is 0 Å². The van der Waals surface area contributed by atoms with Crippen LogP contribution in [0.1, 0.15) is 11.1 Å². The highest BCUT2D eigenvalue weighted by molar-refractivity contribution is 8.18. The number of thioether (sulfide) groups is 1. The van der Waals surface area contributed by atoms with Crippen molar-refractivity contribution >= 4 is 51.4 Å². The van der Waals surface area contributed by atoms with Gasteiger partial charge in [-0.3, -0.25) is 14.5 Å². The minimum Gasteiger partial charge on any atom is -0.268 e. The van der Waals surface area contributed by atoms with Crippen molar-refractivity contribution in [3.8, 4) is 0 Å². The molecule has 1 saturated heterocycles. The molecule has 1 fully saturated rings. The first-order valence-electron chi connectivity index (χ1n) is 8.76. The number of fused-ring (bicyclic) bond motifs is 1. The lowest BCUT2D eigenvalue weighted by Gasteiger charge is -2.13. The summed E-state index contributed by atoms with van der Waals surface area (Å²) in [4.78, 5) is 26.7. The Morgan fingerprint density at radius 3 is 2.50 bits per heavy atom. The summed E-state index contributed by atoms with van der Waals surface area (Å²) in [6.45, 7) is 0.265. The van der Waals surface area contributed by atoms with Gasteiger partial charge in [-0.2, -0.15) is 0 Å². The van der Waals surface area contributed by atoms with Gasteiger partial charge in [0.05, 0.1) is 11.4 Å². The van der Waals surface area contributed by atoms with Gasteiger partial charge < -0.3 is 0 Å². The second kappa shape index (κ2) is 8.05. The molecule has 28 heavy (non-hydrogen) atoms. The maximum atomic E-state index is 12.6. The van der Waals surface area contributed by atoms with Crippen molar-refractivity contribution < 1.29 is 9.59 Å². The molecule has 1 aliphatic rings. The van der Waals surface area contributed by atoms with Gasteiger partial charge in [0.25, 0.3) is 11.1 Å². The summed E-state index contributed by atoms with van der Waals surface area (Å²) in [6.07, 6.45) is 5.22. The van der Waals surface area contributed by atoms with Crippen molar-refractivity contribution in [2.24, 2.45) is 0 Å². The Balaban J connectivity index is 1.51. The lowest BCUT2D eigenvalue weighted by atomic mass is 10.1. The van der Waals surface area contributed by atoms with E-state index in [1.165, 1.54) is 4.90 Å². The predicted molar refractivity (Wildman–Crippen MR) is 116 cm³/mol. The molecule has 0 saturated carbocycles. The second-order valence-corrected chi connectivity index (χ2v) is 7.75. The fourth-order valence-electron chi connectivity index (χ4n) is 3.02. The Labute approximate surface area is 172 Å². The van der Waals surface area contributed by atoms with E-state index in [0.717, 1.165) is 33.7 Å². The lowest BCUT2D eigenvalue weighted by molar-refractivity contribution is -0.123. The lowest BCUT2D eigenvalue weighted by Crippen LogP contribution is -2.27. The molecule has 0 N–H and O–H groups in total. The number of hydrogen-bond donors (Lipinski definition) is 0. The van der Waals surface area contributed by atoms with Crippen molar-refractivity contribution in [3.05, 3.63) is 99.9 Å². The molecular formula is C23H16ClNO2S. The van der Waals surface area contributed by atoms with Gasteiger partial charge in [0.1, 0.15) is 0 Å². The largest absolute Gasteiger partial charge is 0.293 e. The molecular weight excluding hydrogens is 390 g/mol. The van der Waals surface area contributed by atoms with Crippen molar-refractivity contribution in [1.82, 2.24) is 4.90 Å². The number of hydrogen-bond acceptors (Lipinski definition) is 3. The van der Waals surface area contributed by atoms with Gasteiger partial charge in [-0.25, -0.2) is 0 Å². The van der Waals surface area contributed by atoms with Crippen molar-refractivity contribution in [2.75, 3.05) is 0 Å². The monoisotopic (exact) mass is 405 g/mol. The molecule has 1 heterocycles. The van der Waals surface area contributed by atoms with Crippen molar-refractivity contribution in [2.45, 2.75) is 6.54 Å². The Morgan fingerprint density at radius 2 is 1.68 bits per heavy atom. The molecule has 0 spiro atoms. The van der Waals surface area contributed by atoms with Gasteiger partial charge in [0.2, 0.25) is 0 Å². The van der Waals surface area contributed by atoms with Crippen LogP contribution in [0.15, 0.2) is 83.8 Å². The van der Waals surface area contributed by atoms with Crippen LogP contribution in [0.25, 0.3) is 16.8 Å². The number of carbonyl (C=O) groups excluding carboxylic acids is 2. The Kier molecular flexibility index (Phi) is 5.33. The van der Waals surface area contributed by atoms with Crippen LogP contribution in [0, 0.1) is 0 Å². The molecule has 138 valence electrons. The SMILES string of the molecule is O=C1S/C(=C\C=C\c2ccccc2Cl)C(=O)N1Cc1ccc2ccccc2c1. The minimum absolute atomic E-state index is 0.254. The van der Waals surface area contributed by atoms with E-state index in [9.17, 15) is 9.59 Å². The highest BCUT2D eigenvalue weighted by Gasteiger charge is 2.34. The second-order valence-electron chi connectivity index (χ2n) is 6.35. The van der Waals surface area contributed by atoms with Crippen molar-refractivity contribution in [1.29, 1.82) is 0 Å². The molecule has 0 unspecified atom stereocenters. The summed E-state index contributed by atoms with van der Waals surface area (Å²) in [7, 11) is 0. The standard InChI is InChI=1S/C23H16ClNO2S/c24-20-10-4-3-7-18(20)9-5-11-21-22(26)25(23(27)28-21)15-16-12-13-17-6-1-2-8-19(17)14-16/h1-14H,15H2/b9-5+,21-11-. The molecule has 0 radical (unpaired) electrons. The van der Waals surface area contributed by atoms with Gasteiger partial charge >= 0.3 is 0 Å². The van der Waals surface area contributed by atoms with Gasteiger partial charge in [-0.15, -0.1) is 0 Å². The molecule has 0 aromatic heterocycles. The molecule has 2 amide bonds. The molecule has 5 heteroatoms. The maximum Gasteiger partial charge on any atom is 0.293 e. The number of carbonyl (C=O) groups is 2. The number of halogens is 1. The number of imide groups is 1. The zero-order chi connectivity index (χ0) is 19.5. The van der Waals surface area contributed by atoms with E-state index < -0.39 is 0 Å². The third kappa shape index (κ3) is 3.88. The molecule has 3 aromatic carbocycles. The number of benzene rings is 3. The molecule has 0 bridgehead atoms. The van der Waals surface area contributed by atoms with Crippen LogP contribution in [0.2, 0.25) is 5.02 Å². The number of amides is 2. The van der Waals surface area contributed by atoms with Crippen LogP contribution >= 0.6 is 23.4 Å². The van der Waals surface area contributed by atoms with E-state index >= 15 is 0 Å². The molecule has 1 aliphatic heterocycles. The molecule has 3 aromatic rings. The summed E-state index contributed by atoms with van der Waals surface area (Å²) < 4.78 is 0. The summed E-state index contributed by atoms with van der Waals surface area (Å²) in [6, 6.07) is 21.4. The molecule has 3 nitrogen and oxygen atoms in total. The van der Waals surface area contributed by atoms with Crippen LogP contribution < -0.4 is 0 Å². The average molecular weight is 406 g/mol. The molecule has 0 atom stereocenters. The fraction of sp³-hybridized carbons (Fsp3) is 0.0435. The van der Waals surface area contributed by atoms with E-state index in [1.54, 1.807) is 18.2 Å². The highest BCUT2D eigenvalue weighted by atomic mass is 35.5. The zero-order valence-electron chi connectivity index (χ0n) is 14.8. The van der Waals surface area contributed by atoms with Crippen LogP contribution in [0.3, 0.4) is 0 Å². The van der Waals surface area contributed by atoms with Gasteiger partial charge in [-0.1, -0.05) is 78.4 Å². The summed E-state index contributed by atoms with van der Waals surface area (Å²) in [5, 5.41) is 2.60. The van der Waals surface area contributed by atoms with Crippen LogP contribution in [0.4, 0.5) is 4.79 Å². The highest BCUT2D eigenvalue weighted by Crippen LogP contribution is 2.32. The maximum absolute atomic E-state index is 12.6. The van der Waals surface area contributed by atoms with Crippen molar-refractivity contribution in [3.63, 3.8) is 0 Å². The number of rotatable bonds is 4. The fourth-order valence-corrected chi connectivity index (χ4v) is 4.01. The number of allylic oxidation sites excluding steroid dienone is 2. The quantitative estimate of drug-likeness (QED) is 0.479. The van der Waals surface area contributed by atoms with Crippen LogP contribution in [-0.2, 0) is 11.3 Å². The average Bonchev–Trinajstić information content (AvgIpc) is 2.97. The number of nitrogens with zero attached hydrogens (tertiary/aromatic N) is 1. The smallest absolute Gasteiger partial charge is 0.268 e. The first-order valence-corrected chi connectivity index (χ1v) is 9.95. The van der Waals surface area contributed by atoms with E-state index in [1.807, 2.05) is 66.7 Å². The van der Waals surface area contributed by atoms with Gasteiger partial charge in [-0.05, 0) is 51.9 Å².